The second-order valence-electron chi connectivity index (χ2n) is 5.92. The molecule has 18 heavy (non-hydrogen) atoms. The van der Waals surface area contributed by atoms with E-state index in [-0.39, 0.29) is 12.0 Å². The molecule has 1 aliphatic carbocycles. The van der Waals surface area contributed by atoms with Gasteiger partial charge in [0.1, 0.15) is 6.10 Å². The minimum absolute atomic E-state index is 0.139. The molecule has 1 atom stereocenters. The highest BCUT2D eigenvalue weighted by Crippen LogP contribution is 2.30. The van der Waals surface area contributed by atoms with Crippen molar-refractivity contribution in [3.63, 3.8) is 0 Å². The van der Waals surface area contributed by atoms with Crippen LogP contribution in [0.25, 0.3) is 0 Å². The van der Waals surface area contributed by atoms with Crippen LogP contribution in [0.4, 0.5) is 0 Å². The lowest BCUT2D eigenvalue weighted by molar-refractivity contribution is -0.140. The van der Waals surface area contributed by atoms with Gasteiger partial charge in [0, 0.05) is 32.8 Å². The normalized spacial score (nSPS) is 30.4. The van der Waals surface area contributed by atoms with Gasteiger partial charge in [0.05, 0.1) is 0 Å². The first-order valence-corrected chi connectivity index (χ1v) is 7.45. The number of hydrogen-bond donors (Lipinski definition) is 0. The van der Waals surface area contributed by atoms with Crippen molar-refractivity contribution >= 4 is 5.91 Å². The monoisotopic (exact) mass is 252 g/mol. The Balaban J connectivity index is 1.49. The van der Waals surface area contributed by atoms with Crippen LogP contribution in [0.5, 0.6) is 0 Å². The van der Waals surface area contributed by atoms with Crippen LogP contribution < -0.4 is 0 Å². The van der Waals surface area contributed by atoms with E-state index < -0.39 is 0 Å². The predicted molar refractivity (Wildman–Crippen MR) is 69.3 cm³/mol. The second kappa shape index (κ2) is 5.57. The Bertz CT molecular complexity index is 298. The third kappa shape index (κ3) is 3.04. The molecule has 3 rings (SSSR count). The summed E-state index contributed by atoms with van der Waals surface area (Å²) in [6.45, 7) is 6.03. The highest BCUT2D eigenvalue weighted by Gasteiger charge is 2.30. The Morgan fingerprint density at radius 2 is 1.94 bits per heavy atom. The van der Waals surface area contributed by atoms with Gasteiger partial charge in [0.2, 0.25) is 0 Å². The Labute approximate surface area is 109 Å². The summed E-state index contributed by atoms with van der Waals surface area (Å²) in [4.78, 5) is 16.8. The molecular weight excluding hydrogens is 228 g/mol. The lowest BCUT2D eigenvalue weighted by Crippen LogP contribution is -2.41. The van der Waals surface area contributed by atoms with Crippen LogP contribution >= 0.6 is 0 Å². The van der Waals surface area contributed by atoms with Crippen LogP contribution in [0.15, 0.2) is 0 Å². The highest BCUT2D eigenvalue weighted by molar-refractivity contribution is 5.81. The fourth-order valence-electron chi connectivity index (χ4n) is 3.02. The Morgan fingerprint density at radius 3 is 2.67 bits per heavy atom. The Kier molecular flexibility index (Phi) is 3.85. The SMILES string of the molecule is O=C(C1CCCO1)N1CCCN(CC2CC2)CC1. The van der Waals surface area contributed by atoms with Crippen molar-refractivity contribution < 1.29 is 9.53 Å². The maximum absolute atomic E-state index is 12.3. The average Bonchev–Trinajstić information content (AvgIpc) is 3.08. The molecule has 2 saturated heterocycles. The fourth-order valence-corrected chi connectivity index (χ4v) is 3.02. The van der Waals surface area contributed by atoms with Gasteiger partial charge in [-0.05, 0) is 44.6 Å². The van der Waals surface area contributed by atoms with E-state index in [4.69, 9.17) is 4.74 Å². The highest BCUT2D eigenvalue weighted by atomic mass is 16.5. The summed E-state index contributed by atoms with van der Waals surface area (Å²) in [6, 6.07) is 0. The quantitative estimate of drug-likeness (QED) is 0.754. The molecular formula is C14H24N2O2. The number of ether oxygens (including phenoxy) is 1. The van der Waals surface area contributed by atoms with Gasteiger partial charge in [0.15, 0.2) is 0 Å². The molecule has 4 heteroatoms. The van der Waals surface area contributed by atoms with Crippen molar-refractivity contribution in [2.75, 3.05) is 39.3 Å². The van der Waals surface area contributed by atoms with Gasteiger partial charge in [0.25, 0.3) is 5.91 Å². The van der Waals surface area contributed by atoms with Crippen molar-refractivity contribution in [2.24, 2.45) is 5.92 Å². The van der Waals surface area contributed by atoms with Crippen LogP contribution in [0.2, 0.25) is 0 Å². The van der Waals surface area contributed by atoms with Crippen LogP contribution in [-0.2, 0) is 9.53 Å². The fraction of sp³-hybridized carbons (Fsp3) is 0.929. The number of carbonyl (C=O) groups excluding carboxylic acids is 1. The van der Waals surface area contributed by atoms with E-state index in [0.29, 0.717) is 0 Å². The lowest BCUT2D eigenvalue weighted by atomic mass is 10.2. The van der Waals surface area contributed by atoms with Crippen LogP contribution in [0.1, 0.15) is 32.1 Å². The van der Waals surface area contributed by atoms with Crippen LogP contribution in [0.3, 0.4) is 0 Å². The van der Waals surface area contributed by atoms with E-state index in [9.17, 15) is 4.79 Å². The summed E-state index contributed by atoms with van der Waals surface area (Å²) in [5.74, 6) is 1.19. The molecule has 1 amide bonds. The standard InChI is InChI=1S/C14H24N2O2/c17-14(13-3-1-10-18-13)16-7-2-6-15(8-9-16)11-12-4-5-12/h12-13H,1-11H2. The Morgan fingerprint density at radius 1 is 1.06 bits per heavy atom. The zero-order chi connectivity index (χ0) is 12.4. The minimum atomic E-state index is -0.139. The van der Waals surface area contributed by atoms with Gasteiger partial charge in [-0.25, -0.2) is 0 Å². The molecule has 0 bridgehead atoms. The van der Waals surface area contributed by atoms with Gasteiger partial charge < -0.3 is 14.5 Å². The molecule has 0 spiro atoms. The summed E-state index contributed by atoms with van der Waals surface area (Å²) < 4.78 is 5.51. The molecule has 3 aliphatic rings. The zero-order valence-electron chi connectivity index (χ0n) is 11.1. The van der Waals surface area contributed by atoms with Crippen molar-refractivity contribution in [3.05, 3.63) is 0 Å². The van der Waals surface area contributed by atoms with Crippen molar-refractivity contribution in [3.8, 4) is 0 Å². The van der Waals surface area contributed by atoms with Crippen LogP contribution in [0, 0.1) is 5.92 Å². The van der Waals surface area contributed by atoms with Gasteiger partial charge in [-0.3, -0.25) is 4.79 Å². The first kappa shape index (κ1) is 12.4. The topological polar surface area (TPSA) is 32.8 Å². The number of hydrogen-bond acceptors (Lipinski definition) is 3. The molecule has 0 aromatic rings. The molecule has 1 saturated carbocycles. The maximum Gasteiger partial charge on any atom is 0.251 e. The van der Waals surface area contributed by atoms with E-state index in [1.165, 1.54) is 19.4 Å². The van der Waals surface area contributed by atoms with Gasteiger partial charge in [-0.2, -0.15) is 0 Å². The van der Waals surface area contributed by atoms with Gasteiger partial charge in [-0.15, -0.1) is 0 Å². The van der Waals surface area contributed by atoms with Crippen molar-refractivity contribution in [1.29, 1.82) is 0 Å². The molecule has 4 nitrogen and oxygen atoms in total. The summed E-state index contributed by atoms with van der Waals surface area (Å²) in [5, 5.41) is 0. The summed E-state index contributed by atoms with van der Waals surface area (Å²) >= 11 is 0. The summed E-state index contributed by atoms with van der Waals surface area (Å²) in [7, 11) is 0. The zero-order valence-corrected chi connectivity index (χ0v) is 11.1. The minimum Gasteiger partial charge on any atom is -0.368 e. The molecule has 0 aromatic heterocycles. The molecule has 1 unspecified atom stereocenters. The third-order valence-corrected chi connectivity index (χ3v) is 4.32. The maximum atomic E-state index is 12.3. The molecule has 0 aromatic carbocycles. The number of amides is 1. The van der Waals surface area contributed by atoms with Crippen molar-refractivity contribution in [1.82, 2.24) is 9.80 Å². The summed E-state index contributed by atoms with van der Waals surface area (Å²) in [5.41, 5.74) is 0. The van der Waals surface area contributed by atoms with E-state index in [0.717, 1.165) is 58.0 Å². The van der Waals surface area contributed by atoms with E-state index in [1.807, 2.05) is 4.90 Å². The molecule has 2 heterocycles. The molecule has 2 aliphatic heterocycles. The second-order valence-corrected chi connectivity index (χ2v) is 5.92. The molecule has 3 fully saturated rings. The Hall–Kier alpha value is -0.610. The van der Waals surface area contributed by atoms with E-state index >= 15 is 0 Å². The molecule has 0 N–H and O–H groups in total. The summed E-state index contributed by atoms with van der Waals surface area (Å²) in [6.07, 6.45) is 5.76. The predicted octanol–water partition coefficient (Wildman–Crippen LogP) is 1.11. The van der Waals surface area contributed by atoms with E-state index in [2.05, 4.69) is 4.90 Å². The third-order valence-electron chi connectivity index (χ3n) is 4.32. The van der Waals surface area contributed by atoms with Gasteiger partial charge >= 0.3 is 0 Å². The van der Waals surface area contributed by atoms with Gasteiger partial charge in [-0.1, -0.05) is 0 Å². The number of nitrogens with zero attached hydrogens (tertiary/aromatic N) is 2. The smallest absolute Gasteiger partial charge is 0.251 e. The average molecular weight is 252 g/mol. The van der Waals surface area contributed by atoms with E-state index in [1.54, 1.807) is 0 Å². The molecule has 0 radical (unpaired) electrons. The van der Waals surface area contributed by atoms with Crippen LogP contribution in [-0.4, -0.2) is 61.1 Å². The van der Waals surface area contributed by atoms with Crippen molar-refractivity contribution in [2.45, 2.75) is 38.2 Å². The molecule has 102 valence electrons. The number of carbonyl (C=O) groups is 1. The lowest BCUT2D eigenvalue weighted by Gasteiger charge is -2.24. The number of rotatable bonds is 3. The first-order valence-electron chi connectivity index (χ1n) is 7.45. The largest absolute Gasteiger partial charge is 0.368 e. The first-order chi connectivity index (χ1) is 8.83.